The lowest BCUT2D eigenvalue weighted by Gasteiger charge is -2.21. The lowest BCUT2D eigenvalue weighted by atomic mass is 10.1. The number of halogens is 1. The minimum Gasteiger partial charge on any atom is -0.357 e. The van der Waals surface area contributed by atoms with Crippen molar-refractivity contribution < 1.29 is 4.79 Å². The van der Waals surface area contributed by atoms with Crippen molar-refractivity contribution in [3.05, 3.63) is 58.7 Å². The quantitative estimate of drug-likeness (QED) is 0.880. The molecule has 0 spiro atoms. The summed E-state index contributed by atoms with van der Waals surface area (Å²) in [4.78, 5) is 19.0. The number of anilines is 1. The van der Waals surface area contributed by atoms with Crippen LogP contribution in [0.15, 0.2) is 42.6 Å². The molecule has 25 heavy (non-hydrogen) atoms. The Morgan fingerprint density at radius 3 is 2.56 bits per heavy atom. The monoisotopic (exact) mass is 357 g/mol. The van der Waals surface area contributed by atoms with Crippen LogP contribution in [0.3, 0.4) is 0 Å². The Labute approximate surface area is 154 Å². The molecule has 1 aliphatic heterocycles. The van der Waals surface area contributed by atoms with Gasteiger partial charge in [0.25, 0.3) is 0 Å². The van der Waals surface area contributed by atoms with Gasteiger partial charge in [0.05, 0.1) is 6.42 Å². The van der Waals surface area contributed by atoms with E-state index in [1.165, 1.54) is 25.7 Å². The van der Waals surface area contributed by atoms with E-state index in [0.717, 1.165) is 30.0 Å². The van der Waals surface area contributed by atoms with Crippen molar-refractivity contribution >= 4 is 23.3 Å². The largest absolute Gasteiger partial charge is 0.357 e. The molecule has 0 atom stereocenters. The van der Waals surface area contributed by atoms with E-state index < -0.39 is 0 Å². The van der Waals surface area contributed by atoms with Crippen LogP contribution < -0.4 is 10.2 Å². The Morgan fingerprint density at radius 2 is 1.88 bits per heavy atom. The maximum atomic E-state index is 12.1. The van der Waals surface area contributed by atoms with Crippen LogP contribution in [0.1, 0.15) is 36.8 Å². The first-order valence-electron chi connectivity index (χ1n) is 8.92. The van der Waals surface area contributed by atoms with Crippen LogP contribution in [-0.2, 0) is 17.8 Å². The van der Waals surface area contributed by atoms with Crippen molar-refractivity contribution in [2.45, 2.75) is 38.6 Å². The van der Waals surface area contributed by atoms with Crippen molar-refractivity contribution in [1.29, 1.82) is 0 Å². The Kier molecular flexibility index (Phi) is 6.29. The molecule has 2 heterocycles. The normalized spacial score (nSPS) is 14.8. The fraction of sp³-hybridized carbons (Fsp3) is 0.400. The van der Waals surface area contributed by atoms with E-state index >= 15 is 0 Å². The second kappa shape index (κ2) is 8.86. The molecule has 3 rings (SSSR count). The highest BCUT2D eigenvalue weighted by Gasteiger charge is 2.11. The van der Waals surface area contributed by atoms with Gasteiger partial charge in [0, 0.05) is 30.9 Å². The molecule has 5 heteroatoms. The molecular weight excluding hydrogens is 334 g/mol. The van der Waals surface area contributed by atoms with Gasteiger partial charge in [-0.1, -0.05) is 42.6 Å². The average Bonchev–Trinajstić information content (AvgIpc) is 2.90. The molecule has 132 valence electrons. The van der Waals surface area contributed by atoms with E-state index in [9.17, 15) is 4.79 Å². The second-order valence-electron chi connectivity index (χ2n) is 6.51. The maximum absolute atomic E-state index is 12.1. The SMILES string of the molecule is O=C(Cc1cccc(Cl)c1)NCc1ccc(N2CCCCCC2)nc1. The first-order chi connectivity index (χ1) is 12.2. The molecule has 1 aromatic carbocycles. The summed E-state index contributed by atoms with van der Waals surface area (Å²) in [5.74, 6) is 1.02. The van der Waals surface area contributed by atoms with Crippen LogP contribution in [0.4, 0.5) is 5.82 Å². The number of carbonyl (C=O) groups excluding carboxylic acids is 1. The summed E-state index contributed by atoms with van der Waals surface area (Å²) in [6, 6.07) is 11.5. The molecule has 0 unspecified atom stereocenters. The molecule has 0 aliphatic carbocycles. The summed E-state index contributed by atoms with van der Waals surface area (Å²) in [7, 11) is 0. The van der Waals surface area contributed by atoms with Crippen molar-refractivity contribution in [1.82, 2.24) is 10.3 Å². The Bertz CT molecular complexity index is 694. The van der Waals surface area contributed by atoms with Crippen LogP contribution in [0.5, 0.6) is 0 Å². The van der Waals surface area contributed by atoms with Gasteiger partial charge >= 0.3 is 0 Å². The van der Waals surface area contributed by atoms with Gasteiger partial charge in [-0.2, -0.15) is 0 Å². The molecule has 1 N–H and O–H groups in total. The second-order valence-corrected chi connectivity index (χ2v) is 6.95. The summed E-state index contributed by atoms with van der Waals surface area (Å²) in [6.07, 6.45) is 7.30. The number of carbonyl (C=O) groups is 1. The maximum Gasteiger partial charge on any atom is 0.224 e. The van der Waals surface area contributed by atoms with E-state index in [-0.39, 0.29) is 5.91 Å². The van der Waals surface area contributed by atoms with E-state index in [0.29, 0.717) is 18.0 Å². The first-order valence-corrected chi connectivity index (χ1v) is 9.29. The molecule has 1 amide bonds. The molecule has 2 aromatic rings. The van der Waals surface area contributed by atoms with E-state index in [1.807, 2.05) is 30.5 Å². The summed E-state index contributed by atoms with van der Waals surface area (Å²) in [5.41, 5.74) is 1.93. The van der Waals surface area contributed by atoms with E-state index in [4.69, 9.17) is 11.6 Å². The highest BCUT2D eigenvalue weighted by atomic mass is 35.5. The highest BCUT2D eigenvalue weighted by molar-refractivity contribution is 6.30. The van der Waals surface area contributed by atoms with Crippen molar-refractivity contribution in [2.24, 2.45) is 0 Å². The standard InChI is InChI=1S/C20H24ClN3O/c21-18-7-5-6-16(12-18)13-20(25)23-15-17-8-9-19(22-14-17)24-10-3-1-2-4-11-24/h5-9,12,14H,1-4,10-11,13,15H2,(H,23,25). The summed E-state index contributed by atoms with van der Waals surface area (Å²) < 4.78 is 0. The number of nitrogens with zero attached hydrogens (tertiary/aromatic N) is 2. The van der Waals surface area contributed by atoms with E-state index in [1.54, 1.807) is 6.07 Å². The number of amides is 1. The fourth-order valence-corrected chi connectivity index (χ4v) is 3.32. The van der Waals surface area contributed by atoms with Crippen LogP contribution in [0.2, 0.25) is 5.02 Å². The van der Waals surface area contributed by atoms with Crippen LogP contribution >= 0.6 is 11.6 Å². The lowest BCUT2D eigenvalue weighted by Crippen LogP contribution is -2.26. The molecule has 0 bridgehead atoms. The fourth-order valence-electron chi connectivity index (χ4n) is 3.10. The zero-order chi connectivity index (χ0) is 17.5. The zero-order valence-corrected chi connectivity index (χ0v) is 15.1. The van der Waals surface area contributed by atoms with Gasteiger partial charge in [-0.05, 0) is 42.2 Å². The topological polar surface area (TPSA) is 45.2 Å². The third-order valence-corrected chi connectivity index (χ3v) is 4.72. The zero-order valence-electron chi connectivity index (χ0n) is 14.4. The molecule has 1 saturated heterocycles. The molecule has 4 nitrogen and oxygen atoms in total. The molecule has 1 aliphatic rings. The van der Waals surface area contributed by atoms with Gasteiger partial charge in [0.2, 0.25) is 5.91 Å². The Balaban J connectivity index is 1.50. The molecular formula is C20H24ClN3O. The van der Waals surface area contributed by atoms with Crippen molar-refractivity contribution in [2.75, 3.05) is 18.0 Å². The number of benzene rings is 1. The van der Waals surface area contributed by atoms with Crippen molar-refractivity contribution in [3.8, 4) is 0 Å². The third-order valence-electron chi connectivity index (χ3n) is 4.48. The molecule has 0 saturated carbocycles. The Morgan fingerprint density at radius 1 is 1.08 bits per heavy atom. The van der Waals surface area contributed by atoms with Gasteiger partial charge in [0.15, 0.2) is 0 Å². The van der Waals surface area contributed by atoms with Crippen LogP contribution in [0, 0.1) is 0 Å². The lowest BCUT2D eigenvalue weighted by molar-refractivity contribution is -0.120. The van der Waals surface area contributed by atoms with E-state index in [2.05, 4.69) is 21.3 Å². The van der Waals surface area contributed by atoms with Gasteiger partial charge in [-0.15, -0.1) is 0 Å². The van der Waals surface area contributed by atoms with Crippen molar-refractivity contribution in [3.63, 3.8) is 0 Å². The van der Waals surface area contributed by atoms with Crippen LogP contribution in [-0.4, -0.2) is 24.0 Å². The molecule has 1 aromatic heterocycles. The number of pyridine rings is 1. The average molecular weight is 358 g/mol. The minimum absolute atomic E-state index is 0.0149. The van der Waals surface area contributed by atoms with Gasteiger partial charge in [-0.3, -0.25) is 4.79 Å². The van der Waals surface area contributed by atoms with Gasteiger partial charge < -0.3 is 10.2 Å². The number of hydrogen-bond donors (Lipinski definition) is 1. The highest BCUT2D eigenvalue weighted by Crippen LogP contribution is 2.17. The summed E-state index contributed by atoms with van der Waals surface area (Å²) in [5, 5.41) is 3.59. The minimum atomic E-state index is -0.0149. The molecule has 0 radical (unpaired) electrons. The first kappa shape index (κ1) is 17.7. The number of nitrogens with one attached hydrogen (secondary N) is 1. The predicted molar refractivity (Wildman–Crippen MR) is 102 cm³/mol. The Hall–Kier alpha value is -2.07. The van der Waals surface area contributed by atoms with Gasteiger partial charge in [-0.25, -0.2) is 4.98 Å². The molecule has 1 fully saturated rings. The number of rotatable bonds is 5. The summed E-state index contributed by atoms with van der Waals surface area (Å²) >= 11 is 5.95. The third kappa shape index (κ3) is 5.46. The predicted octanol–water partition coefficient (Wildman–Crippen LogP) is 3.97. The van der Waals surface area contributed by atoms with Gasteiger partial charge in [0.1, 0.15) is 5.82 Å². The number of hydrogen-bond acceptors (Lipinski definition) is 3. The summed E-state index contributed by atoms with van der Waals surface area (Å²) in [6.45, 7) is 2.66. The smallest absolute Gasteiger partial charge is 0.224 e. The number of aromatic nitrogens is 1. The van der Waals surface area contributed by atoms with Crippen LogP contribution in [0.25, 0.3) is 0 Å².